The first-order valence-corrected chi connectivity index (χ1v) is 23.1. The largest absolute Gasteiger partial charge is 0.493 e. The maximum atomic E-state index is 15.3. The van der Waals surface area contributed by atoms with E-state index in [-0.39, 0.29) is 54.5 Å². The minimum atomic E-state index is -3.94. The van der Waals surface area contributed by atoms with Gasteiger partial charge in [0.05, 0.1) is 30.0 Å². The summed E-state index contributed by atoms with van der Waals surface area (Å²) in [7, 11) is -2.43. The summed E-state index contributed by atoms with van der Waals surface area (Å²) in [6, 6.07) is 10.8. The van der Waals surface area contributed by atoms with E-state index in [4.69, 9.17) is 23.6 Å². The van der Waals surface area contributed by atoms with Gasteiger partial charge in [0.25, 0.3) is 5.91 Å². The topological polar surface area (TPSA) is 195 Å². The number of nitrogens with one attached hydrogen (secondary N) is 3. The summed E-state index contributed by atoms with van der Waals surface area (Å²) in [5, 5.41) is 5.62. The molecule has 1 saturated heterocycles. The van der Waals surface area contributed by atoms with Crippen molar-refractivity contribution in [3.8, 4) is 22.8 Å². The fourth-order valence-corrected chi connectivity index (χ4v) is 10.5. The van der Waals surface area contributed by atoms with Gasteiger partial charge in [-0.25, -0.2) is 22.6 Å². The van der Waals surface area contributed by atoms with Gasteiger partial charge < -0.3 is 34.2 Å². The van der Waals surface area contributed by atoms with Crippen molar-refractivity contribution >= 4 is 55.9 Å². The van der Waals surface area contributed by atoms with E-state index >= 15 is 4.39 Å². The number of hydrogen-bond acceptors (Lipinski definition) is 11. The number of fused-ring (bicyclic) bond motifs is 5. The minimum Gasteiger partial charge on any atom is -0.493 e. The lowest BCUT2D eigenvalue weighted by atomic mass is 10.0. The van der Waals surface area contributed by atoms with Gasteiger partial charge in [-0.3, -0.25) is 19.1 Å². The zero-order chi connectivity index (χ0) is 43.2. The molecule has 4 fully saturated rings. The van der Waals surface area contributed by atoms with Gasteiger partial charge in [0.1, 0.15) is 41.2 Å². The standard InChI is InChI=1S/C45H50FN5O10S/c1-58-36-19-11-16-31-38-40(61-39(31)36)37(23-34(47-38)30-15-9-10-17-32(30)46)59-28-22-35-41(52)49-45(43(54)50-62(56,57)29-20-21-29)24-26(45)12-5-3-2-4-6-18-33(42(53)51(35)25-28)48-44(55)60-27-13-7-8-14-27/h5,9-12,15-17,19,23,26-29,33,35H,2-4,6-8,13-14,18,20-22,24-25H2,1H3,(H,48,55)(H,49,52)(H,50,54)/b12-5-/t26-,28+,33-,35-,45+/m0/s1. The maximum absolute atomic E-state index is 15.3. The Balaban J connectivity index is 1.07. The van der Waals surface area contributed by atoms with Crippen LogP contribution in [-0.2, 0) is 29.1 Å². The highest BCUT2D eigenvalue weighted by molar-refractivity contribution is 7.91. The van der Waals surface area contributed by atoms with Crippen LogP contribution < -0.4 is 24.8 Å². The molecule has 4 heterocycles. The third-order valence-corrected chi connectivity index (χ3v) is 14.6. The molecule has 2 aliphatic heterocycles. The zero-order valence-electron chi connectivity index (χ0n) is 34.4. The molecule has 0 radical (unpaired) electrons. The summed E-state index contributed by atoms with van der Waals surface area (Å²) >= 11 is 0. The number of pyridine rings is 1. The maximum Gasteiger partial charge on any atom is 0.408 e. The number of hydrogen-bond donors (Lipinski definition) is 3. The van der Waals surface area contributed by atoms with Crippen LogP contribution in [0.4, 0.5) is 9.18 Å². The number of amides is 4. The van der Waals surface area contributed by atoms with E-state index < -0.39 is 74.5 Å². The molecule has 3 N–H and O–H groups in total. The molecule has 0 spiro atoms. The monoisotopic (exact) mass is 871 g/mol. The first-order valence-electron chi connectivity index (χ1n) is 21.6. The predicted molar refractivity (Wildman–Crippen MR) is 225 cm³/mol. The summed E-state index contributed by atoms with van der Waals surface area (Å²) in [4.78, 5) is 62.8. The number of benzene rings is 2. The molecule has 328 valence electrons. The molecular weight excluding hydrogens is 822 g/mol. The van der Waals surface area contributed by atoms with E-state index in [0.717, 1.165) is 38.5 Å². The second-order valence-corrected chi connectivity index (χ2v) is 19.1. The van der Waals surface area contributed by atoms with Crippen LogP contribution in [0.1, 0.15) is 83.5 Å². The molecule has 5 aliphatic rings. The Labute approximate surface area is 358 Å². The summed E-state index contributed by atoms with van der Waals surface area (Å²) in [6.07, 6.45) is 9.40. The number of nitrogens with zero attached hydrogens (tertiary/aromatic N) is 2. The number of aromatic nitrogens is 1. The number of alkyl carbamates (subject to hydrolysis) is 1. The third-order valence-electron chi connectivity index (χ3n) is 12.8. The number of halogens is 1. The van der Waals surface area contributed by atoms with Crippen LogP contribution in [0, 0.1) is 11.7 Å². The van der Waals surface area contributed by atoms with Crippen LogP contribution in [0.15, 0.2) is 65.1 Å². The Morgan fingerprint density at radius 3 is 2.52 bits per heavy atom. The molecule has 15 nitrogen and oxygen atoms in total. The van der Waals surface area contributed by atoms with Crippen LogP contribution in [-0.4, -0.2) is 90.9 Å². The summed E-state index contributed by atoms with van der Waals surface area (Å²) in [5.74, 6) is -2.41. The van der Waals surface area contributed by atoms with E-state index in [0.29, 0.717) is 47.9 Å². The molecule has 2 aromatic carbocycles. The fraction of sp³-hybridized carbons (Fsp3) is 0.489. The van der Waals surface area contributed by atoms with Crippen molar-refractivity contribution in [1.82, 2.24) is 25.2 Å². The summed E-state index contributed by atoms with van der Waals surface area (Å²) in [5.41, 5.74) is -0.0952. The Morgan fingerprint density at radius 1 is 0.952 bits per heavy atom. The number of ether oxygens (including phenoxy) is 3. The molecule has 4 aromatic rings. The van der Waals surface area contributed by atoms with Gasteiger partial charge in [-0.2, -0.15) is 0 Å². The number of sulfonamides is 1. The second-order valence-electron chi connectivity index (χ2n) is 17.1. The van der Waals surface area contributed by atoms with Crippen molar-refractivity contribution in [1.29, 1.82) is 0 Å². The van der Waals surface area contributed by atoms with E-state index in [1.54, 1.807) is 42.5 Å². The van der Waals surface area contributed by atoms with Crippen molar-refractivity contribution < 1.29 is 50.6 Å². The van der Waals surface area contributed by atoms with E-state index in [1.807, 2.05) is 12.2 Å². The zero-order valence-corrected chi connectivity index (χ0v) is 35.2. The van der Waals surface area contributed by atoms with Gasteiger partial charge in [-0.1, -0.05) is 43.2 Å². The van der Waals surface area contributed by atoms with Gasteiger partial charge in [0.2, 0.25) is 21.8 Å². The van der Waals surface area contributed by atoms with E-state index in [1.165, 1.54) is 18.1 Å². The molecule has 0 bridgehead atoms. The number of methoxy groups -OCH3 is 1. The van der Waals surface area contributed by atoms with Crippen LogP contribution >= 0.6 is 0 Å². The lowest BCUT2D eigenvalue weighted by Crippen LogP contribution is -2.58. The van der Waals surface area contributed by atoms with E-state index in [9.17, 15) is 27.6 Å². The summed E-state index contributed by atoms with van der Waals surface area (Å²) < 4.78 is 67.8. The number of carbonyl (C=O) groups excluding carboxylic acids is 4. The first kappa shape index (κ1) is 41.6. The molecule has 0 unspecified atom stereocenters. The van der Waals surface area contributed by atoms with Crippen molar-refractivity contribution in [3.05, 3.63) is 66.5 Å². The molecule has 3 saturated carbocycles. The highest BCUT2D eigenvalue weighted by Gasteiger charge is 2.62. The molecule has 17 heteroatoms. The number of carbonyl (C=O) groups is 4. The Bertz CT molecular complexity index is 2550. The van der Waals surface area contributed by atoms with Gasteiger partial charge in [-0.05, 0) is 88.5 Å². The van der Waals surface area contributed by atoms with Crippen LogP contribution in [0.5, 0.6) is 11.5 Å². The quantitative estimate of drug-likeness (QED) is 0.163. The predicted octanol–water partition coefficient (Wildman–Crippen LogP) is 6.19. The van der Waals surface area contributed by atoms with Crippen LogP contribution in [0.25, 0.3) is 33.3 Å². The molecule has 62 heavy (non-hydrogen) atoms. The minimum absolute atomic E-state index is 0.0577. The van der Waals surface area contributed by atoms with Crippen molar-refractivity contribution in [2.75, 3.05) is 13.7 Å². The SMILES string of the molecule is COc1cccc2c1oc1c(O[C@@H]3C[C@H]4C(=O)N[C@]5(C(=O)NS(=O)(=O)C6CC6)C[C@@H]5/C=C\CCCCC[C@H](NC(=O)OC5CCCC5)C(=O)N4C3)cc(-c3ccccc3F)nc12. The molecule has 4 amide bonds. The third kappa shape index (κ3) is 8.30. The van der Waals surface area contributed by atoms with Crippen molar-refractivity contribution in [2.45, 2.75) is 119 Å². The van der Waals surface area contributed by atoms with Gasteiger partial charge in [0, 0.05) is 24.0 Å². The average molecular weight is 872 g/mol. The van der Waals surface area contributed by atoms with Crippen molar-refractivity contribution in [2.24, 2.45) is 5.92 Å². The lowest BCUT2D eigenvalue weighted by Gasteiger charge is -2.30. The smallest absolute Gasteiger partial charge is 0.408 e. The molecule has 9 rings (SSSR count). The van der Waals surface area contributed by atoms with Crippen LogP contribution in [0.3, 0.4) is 0 Å². The Kier molecular flexibility index (Phi) is 11.3. The Morgan fingerprint density at radius 2 is 1.74 bits per heavy atom. The van der Waals surface area contributed by atoms with Gasteiger partial charge in [-0.15, -0.1) is 0 Å². The van der Waals surface area contributed by atoms with Gasteiger partial charge in [0.15, 0.2) is 22.7 Å². The number of rotatable bonds is 9. The average Bonchev–Trinajstić information content (AvgIpc) is 4.06. The lowest BCUT2D eigenvalue weighted by molar-refractivity contribution is -0.141. The van der Waals surface area contributed by atoms with Crippen molar-refractivity contribution in [3.63, 3.8) is 0 Å². The molecule has 5 atom stereocenters. The molecule has 2 aromatic heterocycles. The second kappa shape index (κ2) is 16.9. The highest BCUT2D eigenvalue weighted by atomic mass is 32.2. The number of allylic oxidation sites excluding steroid dienone is 1. The number of para-hydroxylation sites is 1. The molecular formula is C45H50FN5O10S. The normalized spacial score (nSPS) is 26.5. The fourth-order valence-electron chi connectivity index (χ4n) is 9.12. The summed E-state index contributed by atoms with van der Waals surface area (Å²) in [6.45, 7) is -0.117. The van der Waals surface area contributed by atoms with Crippen LogP contribution in [0.2, 0.25) is 0 Å². The Hall–Kier alpha value is -5.71. The number of furan rings is 1. The van der Waals surface area contributed by atoms with Gasteiger partial charge >= 0.3 is 6.09 Å². The highest BCUT2D eigenvalue weighted by Crippen LogP contribution is 2.46. The first-order chi connectivity index (χ1) is 29.9. The molecule has 3 aliphatic carbocycles. The van der Waals surface area contributed by atoms with E-state index in [2.05, 4.69) is 15.4 Å².